The van der Waals surface area contributed by atoms with Crippen LogP contribution in [0.1, 0.15) is 17.5 Å². The van der Waals surface area contributed by atoms with Crippen molar-refractivity contribution in [2.24, 2.45) is 0 Å². The summed E-state index contributed by atoms with van der Waals surface area (Å²) in [6.45, 7) is 2.12. The lowest BCUT2D eigenvalue weighted by Crippen LogP contribution is -2.41. The summed E-state index contributed by atoms with van der Waals surface area (Å²) in [5, 5.41) is 3.60. The number of carbonyl (C=O) groups is 1. The monoisotopic (exact) mass is 502 g/mol. The number of amides is 1. The van der Waals surface area contributed by atoms with Crippen LogP contribution in [0.5, 0.6) is 0 Å². The van der Waals surface area contributed by atoms with Crippen LogP contribution in [0.2, 0.25) is 5.02 Å². The highest BCUT2D eigenvalue weighted by Gasteiger charge is 2.26. The number of benzene rings is 3. The van der Waals surface area contributed by atoms with E-state index in [-0.39, 0.29) is 17.3 Å². The minimum Gasteiger partial charge on any atom is -0.354 e. The van der Waals surface area contributed by atoms with Gasteiger partial charge in [-0.25, -0.2) is 8.42 Å². The summed E-state index contributed by atoms with van der Waals surface area (Å²) < 4.78 is 27.7. The number of nitrogens with zero attached hydrogens (tertiary/aromatic N) is 1. The molecule has 3 aromatic rings. The third-order valence-corrected chi connectivity index (χ3v) is 8.19. The van der Waals surface area contributed by atoms with Crippen LogP contribution in [0.15, 0.2) is 83.8 Å². The molecule has 0 aromatic heterocycles. The minimum absolute atomic E-state index is 0.148. The Balaban J connectivity index is 1.56. The van der Waals surface area contributed by atoms with E-state index in [4.69, 9.17) is 11.6 Å². The molecule has 0 saturated carbocycles. The Kier molecular flexibility index (Phi) is 9.23. The molecule has 0 aliphatic rings. The van der Waals surface area contributed by atoms with E-state index in [9.17, 15) is 13.2 Å². The number of rotatable bonds is 11. The number of carbonyl (C=O) groups excluding carboxylic acids is 1. The second-order valence-electron chi connectivity index (χ2n) is 7.51. The van der Waals surface area contributed by atoms with Gasteiger partial charge in [-0.1, -0.05) is 65.7 Å². The summed E-state index contributed by atoms with van der Waals surface area (Å²) in [6, 6.07) is 23.0. The van der Waals surface area contributed by atoms with Crippen molar-refractivity contribution >= 4 is 45.0 Å². The van der Waals surface area contributed by atoms with Crippen LogP contribution in [-0.4, -0.2) is 33.2 Å². The molecule has 0 saturated heterocycles. The summed E-state index contributed by atoms with van der Waals surface area (Å²) in [4.78, 5) is 12.8. The Morgan fingerprint density at radius 2 is 1.64 bits per heavy atom. The van der Waals surface area contributed by atoms with Crippen molar-refractivity contribution in [1.29, 1.82) is 0 Å². The molecule has 33 heavy (non-hydrogen) atoms. The molecule has 5 nitrogen and oxygen atoms in total. The largest absolute Gasteiger partial charge is 0.354 e. The van der Waals surface area contributed by atoms with Gasteiger partial charge in [0.1, 0.15) is 6.54 Å². The number of nitrogens with one attached hydrogen (secondary N) is 1. The second-order valence-corrected chi connectivity index (χ2v) is 10.9. The van der Waals surface area contributed by atoms with Gasteiger partial charge in [0.15, 0.2) is 0 Å². The first kappa shape index (κ1) is 25.1. The van der Waals surface area contributed by atoms with Gasteiger partial charge in [0.05, 0.1) is 10.6 Å². The number of hydrogen-bond donors (Lipinski definition) is 1. The lowest BCUT2D eigenvalue weighted by atomic mass is 10.2. The summed E-state index contributed by atoms with van der Waals surface area (Å²) in [7, 11) is -3.88. The first-order valence-corrected chi connectivity index (χ1v) is 13.6. The number of sulfonamides is 1. The molecule has 0 fully saturated rings. The van der Waals surface area contributed by atoms with Gasteiger partial charge in [-0.3, -0.25) is 9.10 Å². The maximum Gasteiger partial charge on any atom is 0.264 e. The van der Waals surface area contributed by atoms with Gasteiger partial charge >= 0.3 is 0 Å². The molecule has 1 amide bonds. The van der Waals surface area contributed by atoms with Gasteiger partial charge in [0, 0.05) is 17.3 Å². The lowest BCUT2D eigenvalue weighted by molar-refractivity contribution is -0.119. The smallest absolute Gasteiger partial charge is 0.264 e. The maximum absolute atomic E-state index is 13.3. The van der Waals surface area contributed by atoms with Crippen molar-refractivity contribution in [2.45, 2.75) is 24.0 Å². The van der Waals surface area contributed by atoms with Crippen LogP contribution in [0.4, 0.5) is 5.69 Å². The van der Waals surface area contributed by atoms with Gasteiger partial charge < -0.3 is 5.32 Å². The molecule has 0 bridgehead atoms. The normalized spacial score (nSPS) is 11.2. The fourth-order valence-electron chi connectivity index (χ4n) is 3.13. The molecule has 3 aromatic carbocycles. The number of aryl methyl sites for hydroxylation is 1. The molecule has 0 aliphatic heterocycles. The van der Waals surface area contributed by atoms with E-state index in [0.717, 1.165) is 38.4 Å². The number of halogens is 1. The lowest BCUT2D eigenvalue weighted by Gasteiger charge is -2.24. The Morgan fingerprint density at radius 3 is 2.33 bits per heavy atom. The van der Waals surface area contributed by atoms with Gasteiger partial charge in [0.2, 0.25) is 5.91 Å². The quantitative estimate of drug-likeness (QED) is 0.362. The molecular weight excluding hydrogens is 476 g/mol. The fourth-order valence-corrected chi connectivity index (χ4v) is 5.82. The fraction of sp³-hybridized carbons (Fsp3) is 0.240. The second kappa shape index (κ2) is 12.1. The summed E-state index contributed by atoms with van der Waals surface area (Å²) in [5.74, 6) is 1.32. The molecule has 0 spiro atoms. The average Bonchev–Trinajstić information content (AvgIpc) is 2.82. The molecule has 1 N–H and O–H groups in total. The van der Waals surface area contributed by atoms with Crippen LogP contribution in [-0.2, 0) is 20.6 Å². The molecule has 0 heterocycles. The first-order valence-electron chi connectivity index (χ1n) is 10.6. The Bertz CT molecular complexity index is 1150. The van der Waals surface area contributed by atoms with Gasteiger partial charge in [0.25, 0.3) is 10.0 Å². The standard InChI is InChI=1S/C25H27ClN2O3S2/c1-20-12-14-22(15-13-20)28(33(30,31)23-9-3-2-4-10-23)18-25(29)27-16-7-17-32-19-21-8-5-6-11-24(21)26/h2-6,8-15H,7,16-19H2,1H3,(H,27,29). The van der Waals surface area contributed by atoms with Crippen LogP contribution >= 0.6 is 23.4 Å². The maximum atomic E-state index is 13.3. The molecule has 3 rings (SSSR count). The van der Waals surface area contributed by atoms with Crippen molar-refractivity contribution in [2.75, 3.05) is 23.1 Å². The first-order chi connectivity index (χ1) is 15.9. The number of hydrogen-bond acceptors (Lipinski definition) is 4. The van der Waals surface area contributed by atoms with Gasteiger partial charge in [-0.15, -0.1) is 0 Å². The molecule has 0 radical (unpaired) electrons. The van der Waals surface area contributed by atoms with E-state index in [1.807, 2.05) is 43.3 Å². The van der Waals surface area contributed by atoms with Crippen LogP contribution in [0, 0.1) is 6.92 Å². The highest BCUT2D eigenvalue weighted by Crippen LogP contribution is 2.24. The SMILES string of the molecule is Cc1ccc(N(CC(=O)NCCCSCc2ccccc2Cl)S(=O)(=O)c2ccccc2)cc1. The van der Waals surface area contributed by atoms with Crippen LogP contribution < -0.4 is 9.62 Å². The highest BCUT2D eigenvalue weighted by molar-refractivity contribution is 7.98. The number of anilines is 1. The Morgan fingerprint density at radius 1 is 0.970 bits per heavy atom. The zero-order valence-corrected chi connectivity index (χ0v) is 20.8. The van der Waals surface area contributed by atoms with E-state index >= 15 is 0 Å². The van der Waals surface area contributed by atoms with Crippen molar-refractivity contribution < 1.29 is 13.2 Å². The number of thioether (sulfide) groups is 1. The van der Waals surface area contributed by atoms with E-state index in [0.29, 0.717) is 12.2 Å². The predicted molar refractivity (Wildman–Crippen MR) is 137 cm³/mol. The molecular formula is C25H27ClN2O3S2. The molecule has 0 unspecified atom stereocenters. The van der Waals surface area contributed by atoms with Gasteiger partial charge in [-0.05, 0) is 55.0 Å². The summed E-state index contributed by atoms with van der Waals surface area (Å²) >= 11 is 7.91. The third-order valence-electron chi connectivity index (χ3n) is 4.94. The van der Waals surface area contributed by atoms with E-state index in [2.05, 4.69) is 5.32 Å². The Hall–Kier alpha value is -2.48. The third kappa shape index (κ3) is 7.25. The van der Waals surface area contributed by atoms with Gasteiger partial charge in [-0.2, -0.15) is 11.8 Å². The van der Waals surface area contributed by atoms with Crippen molar-refractivity contribution in [3.8, 4) is 0 Å². The van der Waals surface area contributed by atoms with E-state index in [1.54, 1.807) is 42.1 Å². The average molecular weight is 503 g/mol. The summed E-state index contributed by atoms with van der Waals surface area (Å²) in [6.07, 6.45) is 0.775. The zero-order valence-electron chi connectivity index (χ0n) is 18.4. The predicted octanol–water partition coefficient (Wildman–Crippen LogP) is 5.28. The van der Waals surface area contributed by atoms with Crippen molar-refractivity contribution in [3.63, 3.8) is 0 Å². The van der Waals surface area contributed by atoms with Crippen molar-refractivity contribution in [1.82, 2.24) is 5.32 Å². The van der Waals surface area contributed by atoms with Crippen LogP contribution in [0.3, 0.4) is 0 Å². The summed E-state index contributed by atoms with van der Waals surface area (Å²) in [5.41, 5.74) is 2.55. The van der Waals surface area contributed by atoms with E-state index in [1.165, 1.54) is 12.1 Å². The topological polar surface area (TPSA) is 66.5 Å². The molecule has 8 heteroatoms. The highest BCUT2D eigenvalue weighted by atomic mass is 35.5. The zero-order chi connectivity index (χ0) is 23.7. The van der Waals surface area contributed by atoms with Crippen molar-refractivity contribution in [3.05, 3.63) is 95.0 Å². The van der Waals surface area contributed by atoms with Crippen LogP contribution in [0.25, 0.3) is 0 Å². The minimum atomic E-state index is -3.88. The molecule has 0 aliphatic carbocycles. The molecule has 0 atom stereocenters. The molecule has 174 valence electrons. The van der Waals surface area contributed by atoms with E-state index < -0.39 is 10.0 Å². The Labute approximate surface area is 205 Å².